The quantitative estimate of drug-likeness (QED) is 0.0193. The Morgan fingerprint density at radius 2 is 0.770 bits per heavy atom. The van der Waals surface area contributed by atoms with Gasteiger partial charge in [-0.05, 0) is 44.9 Å². The summed E-state index contributed by atoms with van der Waals surface area (Å²) in [5, 5.41) is 45.4. The first-order chi connectivity index (χ1) is 42.5. The summed E-state index contributed by atoms with van der Waals surface area (Å²) in [6, 6.07) is -0.858. The van der Waals surface area contributed by atoms with Gasteiger partial charge >= 0.3 is 10.4 Å². The molecule has 1 rings (SSSR count). The second-order valence-electron chi connectivity index (χ2n) is 26.6. The Bertz CT molecular complexity index is 1620. The Morgan fingerprint density at radius 3 is 1.09 bits per heavy atom. The van der Waals surface area contributed by atoms with Gasteiger partial charge in [-0.1, -0.05) is 359 Å². The molecule has 6 N–H and O–H groups in total. The van der Waals surface area contributed by atoms with Crippen LogP contribution in [0.25, 0.3) is 0 Å². The molecule has 87 heavy (non-hydrogen) atoms. The maximum atomic E-state index is 13.2. The van der Waals surface area contributed by atoms with Crippen molar-refractivity contribution in [3.8, 4) is 0 Å². The van der Waals surface area contributed by atoms with E-state index in [0.717, 1.165) is 57.8 Å². The van der Waals surface area contributed by atoms with E-state index >= 15 is 0 Å². The molecule has 13 heteroatoms. The van der Waals surface area contributed by atoms with Crippen LogP contribution < -0.4 is 5.32 Å². The Morgan fingerprint density at radius 1 is 0.460 bits per heavy atom. The highest BCUT2D eigenvalue weighted by molar-refractivity contribution is 7.80. The number of amides is 1. The molecule has 1 fully saturated rings. The summed E-state index contributed by atoms with van der Waals surface area (Å²) in [6.45, 7) is 3.53. The van der Waals surface area contributed by atoms with E-state index in [1.54, 1.807) is 0 Å². The van der Waals surface area contributed by atoms with Gasteiger partial charge < -0.3 is 35.2 Å². The van der Waals surface area contributed by atoms with Crippen molar-refractivity contribution in [2.75, 3.05) is 13.2 Å². The van der Waals surface area contributed by atoms with Crippen molar-refractivity contribution >= 4 is 16.3 Å². The first-order valence-corrected chi connectivity index (χ1v) is 39.1. The number of aliphatic hydroxyl groups is 4. The number of ether oxygens (including phenoxy) is 2. The summed E-state index contributed by atoms with van der Waals surface area (Å²) >= 11 is 0. The van der Waals surface area contributed by atoms with Gasteiger partial charge in [-0.15, -0.1) is 0 Å². The fraction of sp³-hybridized carbons (Fsp3) is 0.932. The lowest BCUT2D eigenvalue weighted by molar-refractivity contribution is -0.298. The Balaban J connectivity index is 2.15. The summed E-state index contributed by atoms with van der Waals surface area (Å²) < 4.78 is 48.2. The van der Waals surface area contributed by atoms with E-state index in [1.807, 2.05) is 0 Å². The zero-order valence-corrected chi connectivity index (χ0v) is 57.7. The lowest BCUT2D eigenvalue weighted by atomic mass is 9.99. The molecule has 0 saturated carbocycles. The standard InChI is InChI=1S/C74H143NO11S/c1-3-5-7-9-11-13-15-17-19-21-23-25-26-27-28-29-30-31-32-33-34-35-36-37-38-39-40-41-42-44-46-48-50-52-54-56-58-60-62-64-70(78)75-67(66-84-74-72(80)73(86-87(81,82)83)71(79)69(65-76)85-74)68(77)63-61-59-57-55-53-51-49-47-45-43-24-22-20-18-16-14-12-10-8-6-4-2/h30-31,33-34,67-69,71-74,76-77,79-80H,3-29,32,35-66H2,1-2H3,(H,75,78)(H,81,82,83)/b31-30-,34-33-. The number of hydrogen-bond acceptors (Lipinski definition) is 10. The third kappa shape index (κ3) is 54.8. The van der Waals surface area contributed by atoms with E-state index in [0.29, 0.717) is 12.8 Å². The van der Waals surface area contributed by atoms with Gasteiger partial charge in [0.2, 0.25) is 5.91 Å². The number of allylic oxidation sites excluding steroid dienone is 4. The molecule has 7 atom stereocenters. The van der Waals surface area contributed by atoms with Crippen LogP contribution in [0.4, 0.5) is 0 Å². The van der Waals surface area contributed by atoms with Crippen molar-refractivity contribution in [1.82, 2.24) is 5.32 Å². The van der Waals surface area contributed by atoms with Gasteiger partial charge in [-0.3, -0.25) is 9.35 Å². The van der Waals surface area contributed by atoms with Crippen molar-refractivity contribution in [3.63, 3.8) is 0 Å². The van der Waals surface area contributed by atoms with Gasteiger partial charge in [0, 0.05) is 6.42 Å². The maximum absolute atomic E-state index is 13.2. The van der Waals surface area contributed by atoms with Crippen LogP contribution in [-0.4, -0.2) is 95.4 Å². The molecule has 0 bridgehead atoms. The zero-order valence-electron chi connectivity index (χ0n) is 56.9. The van der Waals surface area contributed by atoms with Crippen molar-refractivity contribution in [1.29, 1.82) is 0 Å². The van der Waals surface area contributed by atoms with Gasteiger partial charge in [-0.2, -0.15) is 8.42 Å². The van der Waals surface area contributed by atoms with Crippen LogP contribution in [-0.2, 0) is 28.9 Å². The molecule has 0 aromatic rings. The van der Waals surface area contributed by atoms with Crippen molar-refractivity contribution < 1.29 is 51.8 Å². The Hall–Kier alpha value is -1.42. The van der Waals surface area contributed by atoms with Crippen molar-refractivity contribution in [3.05, 3.63) is 24.3 Å². The molecule has 0 aliphatic carbocycles. The Kier molecular flexibility index (Phi) is 60.9. The van der Waals surface area contributed by atoms with E-state index in [9.17, 15) is 38.2 Å². The molecule has 0 radical (unpaired) electrons. The molecule has 1 aliphatic rings. The maximum Gasteiger partial charge on any atom is 0.397 e. The fourth-order valence-electron chi connectivity index (χ4n) is 12.5. The number of unbranched alkanes of at least 4 members (excludes halogenated alkanes) is 52. The highest BCUT2D eigenvalue weighted by Gasteiger charge is 2.48. The minimum absolute atomic E-state index is 0.222. The topological polar surface area (TPSA) is 192 Å². The average Bonchev–Trinajstić information content (AvgIpc) is 1.79. The van der Waals surface area contributed by atoms with Gasteiger partial charge in [0.05, 0.1) is 25.4 Å². The molecule has 1 heterocycles. The number of aliphatic hydroxyl groups excluding tert-OH is 4. The van der Waals surface area contributed by atoms with Crippen LogP contribution in [0.5, 0.6) is 0 Å². The molecule has 12 nitrogen and oxygen atoms in total. The first-order valence-electron chi connectivity index (χ1n) is 37.7. The summed E-state index contributed by atoms with van der Waals surface area (Å²) in [6.07, 6.45) is 73.8. The van der Waals surface area contributed by atoms with E-state index in [4.69, 9.17) is 9.47 Å². The van der Waals surface area contributed by atoms with Crippen LogP contribution in [0.1, 0.15) is 386 Å². The molecular weight excluding hydrogens is 1110 g/mol. The van der Waals surface area contributed by atoms with Crippen LogP contribution in [0.2, 0.25) is 0 Å². The SMILES string of the molecule is CCCCCCCCCCCCCCCCC/C=C\C/C=C\CCCCCCCCCCCCCCCCCCCC(=O)NC(COC1OC(CO)C(O)C(OS(=O)(=O)O)C1O)C(O)CCCCCCCCCCCCCCCCCCCCCCC. The number of nitrogens with one attached hydrogen (secondary N) is 1. The minimum atomic E-state index is -5.09. The number of carbonyl (C=O) groups excluding carboxylic acids is 1. The Labute approximate surface area is 537 Å². The van der Waals surface area contributed by atoms with Crippen molar-refractivity contribution in [2.45, 2.75) is 429 Å². The van der Waals surface area contributed by atoms with Gasteiger partial charge in [0.15, 0.2) is 6.29 Å². The number of carbonyl (C=O) groups is 1. The summed E-state index contributed by atoms with van der Waals surface area (Å²) in [7, 11) is -5.09. The molecule has 516 valence electrons. The van der Waals surface area contributed by atoms with E-state index < -0.39 is 59.9 Å². The highest BCUT2D eigenvalue weighted by atomic mass is 32.3. The van der Waals surface area contributed by atoms with E-state index in [1.165, 1.54) is 302 Å². The predicted octanol–water partition coefficient (Wildman–Crippen LogP) is 20.3. The second kappa shape index (κ2) is 63.3. The van der Waals surface area contributed by atoms with Crippen LogP contribution >= 0.6 is 0 Å². The van der Waals surface area contributed by atoms with Gasteiger partial charge in [0.25, 0.3) is 0 Å². The van der Waals surface area contributed by atoms with Crippen molar-refractivity contribution in [2.24, 2.45) is 0 Å². The third-order valence-electron chi connectivity index (χ3n) is 18.3. The largest absolute Gasteiger partial charge is 0.397 e. The van der Waals surface area contributed by atoms with Gasteiger partial charge in [-0.25, -0.2) is 4.18 Å². The lowest BCUT2D eigenvalue weighted by Crippen LogP contribution is -2.61. The predicted molar refractivity (Wildman–Crippen MR) is 365 cm³/mol. The molecule has 1 amide bonds. The smallest absolute Gasteiger partial charge is 0.394 e. The summed E-state index contributed by atoms with van der Waals surface area (Å²) in [5.74, 6) is -0.222. The summed E-state index contributed by atoms with van der Waals surface area (Å²) in [4.78, 5) is 13.2. The summed E-state index contributed by atoms with van der Waals surface area (Å²) in [5.41, 5.74) is 0. The zero-order chi connectivity index (χ0) is 63.2. The molecule has 7 unspecified atom stereocenters. The molecule has 0 spiro atoms. The van der Waals surface area contributed by atoms with Crippen LogP contribution in [0.15, 0.2) is 24.3 Å². The highest BCUT2D eigenvalue weighted by Crippen LogP contribution is 2.27. The lowest BCUT2D eigenvalue weighted by Gasteiger charge is -2.41. The molecule has 1 saturated heterocycles. The molecule has 0 aromatic heterocycles. The van der Waals surface area contributed by atoms with Crippen LogP contribution in [0, 0.1) is 0 Å². The molecule has 1 aliphatic heterocycles. The normalized spacial score (nSPS) is 18.2. The number of hydrogen-bond donors (Lipinski definition) is 6. The van der Waals surface area contributed by atoms with Crippen LogP contribution in [0.3, 0.4) is 0 Å². The average molecular weight is 1260 g/mol. The molecule has 0 aromatic carbocycles. The van der Waals surface area contributed by atoms with E-state index in [2.05, 4.69) is 47.7 Å². The monoisotopic (exact) mass is 1250 g/mol. The second-order valence-corrected chi connectivity index (χ2v) is 27.6. The van der Waals surface area contributed by atoms with Gasteiger partial charge in [0.1, 0.15) is 24.4 Å². The minimum Gasteiger partial charge on any atom is -0.394 e. The first kappa shape index (κ1) is 83.6. The molecular formula is C74H143NO11S. The number of rotatable bonds is 68. The third-order valence-corrected chi connectivity index (χ3v) is 18.7. The van der Waals surface area contributed by atoms with E-state index in [-0.39, 0.29) is 12.5 Å². The fourth-order valence-corrected chi connectivity index (χ4v) is 13.0.